The van der Waals surface area contributed by atoms with E-state index in [-0.39, 0.29) is 20.1 Å². The first-order valence-electron chi connectivity index (χ1n) is 9.09. The Balaban J connectivity index is 0.000000197. The Labute approximate surface area is 193 Å². The molecule has 155 valence electrons. The zero-order valence-corrected chi connectivity index (χ0v) is 20.0. The summed E-state index contributed by atoms with van der Waals surface area (Å²) in [6, 6.07) is 10.3. The van der Waals surface area contributed by atoms with Gasteiger partial charge < -0.3 is 14.1 Å². The van der Waals surface area contributed by atoms with E-state index in [2.05, 4.69) is 65.7 Å². The SMILES string of the molecule is Cc1cccc(C)c1-c1c[c-]n(-c2nccn2C)c1.[Ir].[c-]1ncsc1-n1cccn1. The fourth-order valence-electron chi connectivity index (χ4n) is 3.14. The van der Waals surface area contributed by atoms with Gasteiger partial charge in [-0.2, -0.15) is 5.10 Å². The van der Waals surface area contributed by atoms with Crippen molar-refractivity contribution < 1.29 is 20.1 Å². The molecule has 30 heavy (non-hydrogen) atoms. The molecule has 0 saturated heterocycles. The Hall–Kier alpha value is -2.80. The Morgan fingerprint density at radius 1 is 1.03 bits per heavy atom. The molecule has 0 aliphatic rings. The van der Waals surface area contributed by atoms with Crippen molar-refractivity contribution in [3.05, 3.63) is 90.3 Å². The van der Waals surface area contributed by atoms with Crippen LogP contribution >= 0.6 is 11.3 Å². The van der Waals surface area contributed by atoms with Crippen LogP contribution in [0.1, 0.15) is 11.1 Å². The van der Waals surface area contributed by atoms with Crippen LogP contribution in [0.15, 0.2) is 66.8 Å². The summed E-state index contributed by atoms with van der Waals surface area (Å²) in [5, 5.41) is 4.94. The summed E-state index contributed by atoms with van der Waals surface area (Å²) in [6.07, 6.45) is 15.4. The first kappa shape index (κ1) is 21.9. The third-order valence-corrected chi connectivity index (χ3v) is 5.21. The fourth-order valence-corrected chi connectivity index (χ4v) is 3.67. The predicted octanol–water partition coefficient (Wildman–Crippen LogP) is 4.42. The van der Waals surface area contributed by atoms with Gasteiger partial charge in [0.25, 0.3) is 0 Å². The number of hydrogen-bond acceptors (Lipinski definition) is 4. The van der Waals surface area contributed by atoms with Crippen molar-refractivity contribution in [3.8, 4) is 22.1 Å². The van der Waals surface area contributed by atoms with Crippen LogP contribution in [-0.4, -0.2) is 28.9 Å². The van der Waals surface area contributed by atoms with Gasteiger partial charge >= 0.3 is 0 Å². The molecule has 0 aliphatic carbocycles. The minimum atomic E-state index is 0. The van der Waals surface area contributed by atoms with E-state index in [0.717, 1.165) is 10.9 Å². The smallest absolute Gasteiger partial charge is 0.129 e. The minimum absolute atomic E-state index is 0. The number of benzene rings is 1. The second-order valence-corrected chi connectivity index (χ2v) is 7.39. The first-order valence-corrected chi connectivity index (χ1v) is 9.97. The van der Waals surface area contributed by atoms with Gasteiger partial charge in [0.1, 0.15) is 5.95 Å². The van der Waals surface area contributed by atoms with Gasteiger partial charge in [-0.1, -0.05) is 46.6 Å². The van der Waals surface area contributed by atoms with Crippen molar-refractivity contribution >= 4 is 11.3 Å². The van der Waals surface area contributed by atoms with Crippen LogP contribution in [0.4, 0.5) is 0 Å². The summed E-state index contributed by atoms with van der Waals surface area (Å²) in [5.74, 6) is 0.873. The molecule has 0 spiro atoms. The topological polar surface area (TPSA) is 53.5 Å². The van der Waals surface area contributed by atoms with Crippen LogP contribution in [0, 0.1) is 26.2 Å². The third-order valence-electron chi connectivity index (χ3n) is 4.50. The van der Waals surface area contributed by atoms with Crippen molar-refractivity contribution in [2.45, 2.75) is 13.8 Å². The molecule has 0 aliphatic heterocycles. The molecule has 5 aromatic rings. The van der Waals surface area contributed by atoms with Crippen LogP contribution in [0.3, 0.4) is 0 Å². The van der Waals surface area contributed by atoms with Crippen molar-refractivity contribution in [1.29, 1.82) is 0 Å². The summed E-state index contributed by atoms with van der Waals surface area (Å²) < 4.78 is 5.64. The second kappa shape index (κ2) is 9.80. The van der Waals surface area contributed by atoms with Gasteiger partial charge in [-0.25, -0.2) is 16.0 Å². The predicted molar refractivity (Wildman–Crippen MR) is 114 cm³/mol. The average Bonchev–Trinajstić information content (AvgIpc) is 3.49. The minimum Gasteiger partial charge on any atom is -0.446 e. The number of imidazole rings is 1. The maximum atomic E-state index is 4.33. The Kier molecular flexibility index (Phi) is 7.15. The molecular weight excluding hydrogens is 573 g/mol. The number of hydrogen-bond donors (Lipinski definition) is 0. The summed E-state index contributed by atoms with van der Waals surface area (Å²) in [4.78, 5) is 8.14. The molecule has 0 fully saturated rings. The molecule has 0 bridgehead atoms. The van der Waals surface area contributed by atoms with Gasteiger partial charge in [0, 0.05) is 56.9 Å². The molecule has 0 N–H and O–H groups in total. The van der Waals surface area contributed by atoms with Crippen LogP contribution in [0.25, 0.3) is 22.1 Å². The van der Waals surface area contributed by atoms with E-state index in [9.17, 15) is 0 Å². The van der Waals surface area contributed by atoms with E-state index in [1.54, 1.807) is 22.6 Å². The standard InChI is InChI=1S/C16H16N3.C6H4N3S.Ir/c1-12-5-4-6-13(2)15(12)14-7-9-19(11-14)16-17-8-10-18(16)3;1-2-8-9(3-1)6-4-7-5-10-6;/h4-8,10-11H,1-3H3;1-3,5H;/q2*-1;. The Bertz CT molecular complexity index is 1140. The first-order chi connectivity index (χ1) is 14.1. The number of rotatable bonds is 3. The molecule has 1 radical (unpaired) electrons. The van der Waals surface area contributed by atoms with Crippen molar-refractivity contribution in [1.82, 2.24) is 28.9 Å². The van der Waals surface area contributed by atoms with E-state index in [0.29, 0.717) is 0 Å². The van der Waals surface area contributed by atoms with Crippen molar-refractivity contribution in [3.63, 3.8) is 0 Å². The molecule has 0 unspecified atom stereocenters. The molecule has 6 nitrogen and oxygen atoms in total. The van der Waals surface area contributed by atoms with Gasteiger partial charge in [0.15, 0.2) is 0 Å². The van der Waals surface area contributed by atoms with Crippen molar-refractivity contribution in [2.75, 3.05) is 0 Å². The maximum Gasteiger partial charge on any atom is 0.129 e. The molecule has 4 aromatic heterocycles. The van der Waals surface area contributed by atoms with Crippen LogP contribution in [0.2, 0.25) is 0 Å². The zero-order chi connectivity index (χ0) is 20.2. The number of nitrogens with zero attached hydrogens (tertiary/aromatic N) is 6. The molecular formula is C22H20IrN6S-2. The van der Waals surface area contributed by atoms with Crippen LogP contribution in [0.5, 0.6) is 0 Å². The molecule has 1 aromatic carbocycles. The Morgan fingerprint density at radius 3 is 2.43 bits per heavy atom. The van der Waals surface area contributed by atoms with Gasteiger partial charge in [0.2, 0.25) is 0 Å². The molecule has 0 saturated carbocycles. The summed E-state index contributed by atoms with van der Waals surface area (Å²) in [7, 11) is 1.98. The maximum absolute atomic E-state index is 4.33. The molecule has 0 atom stereocenters. The monoisotopic (exact) mass is 593 g/mol. The van der Waals surface area contributed by atoms with Crippen LogP contribution < -0.4 is 0 Å². The van der Waals surface area contributed by atoms with Gasteiger partial charge in [-0.05, 0) is 19.9 Å². The van der Waals surface area contributed by atoms with E-state index >= 15 is 0 Å². The fraction of sp³-hybridized carbons (Fsp3) is 0.136. The summed E-state index contributed by atoms with van der Waals surface area (Å²) in [5.41, 5.74) is 6.76. The number of aromatic nitrogens is 6. The number of aryl methyl sites for hydroxylation is 3. The second-order valence-electron chi connectivity index (χ2n) is 6.55. The van der Waals surface area contributed by atoms with Gasteiger partial charge in [-0.15, -0.1) is 24.0 Å². The Morgan fingerprint density at radius 2 is 1.83 bits per heavy atom. The van der Waals surface area contributed by atoms with E-state index in [1.807, 2.05) is 40.7 Å². The molecule has 5 rings (SSSR count). The third kappa shape index (κ3) is 4.67. The summed E-state index contributed by atoms with van der Waals surface area (Å²) in [6.45, 7) is 4.28. The number of thiazole rings is 1. The zero-order valence-electron chi connectivity index (χ0n) is 16.8. The van der Waals surface area contributed by atoms with Gasteiger partial charge in [0.05, 0.1) is 0 Å². The summed E-state index contributed by atoms with van der Waals surface area (Å²) >= 11 is 1.51. The average molecular weight is 593 g/mol. The van der Waals surface area contributed by atoms with E-state index in [1.165, 1.54) is 33.6 Å². The molecule has 4 heterocycles. The van der Waals surface area contributed by atoms with E-state index in [4.69, 9.17) is 0 Å². The van der Waals surface area contributed by atoms with E-state index < -0.39 is 0 Å². The molecule has 0 amide bonds. The van der Waals surface area contributed by atoms with Crippen molar-refractivity contribution in [2.24, 2.45) is 7.05 Å². The quantitative estimate of drug-likeness (QED) is 0.292. The van der Waals surface area contributed by atoms with Gasteiger partial charge in [-0.3, -0.25) is 4.98 Å². The van der Waals surface area contributed by atoms with Crippen LogP contribution in [-0.2, 0) is 27.2 Å². The largest absolute Gasteiger partial charge is 0.446 e. The normalized spacial score (nSPS) is 10.2. The molecule has 8 heteroatoms.